The third-order valence-electron chi connectivity index (χ3n) is 2.38. The number of nitro benzene ring substituents is 1. The monoisotopic (exact) mass is 250 g/mol. The Bertz CT molecular complexity index is 652. The molecule has 0 amide bonds. The maximum absolute atomic E-state index is 11.5. The Morgan fingerprint density at radius 2 is 2.28 bits per heavy atom. The highest BCUT2D eigenvalue weighted by atomic mass is 16.6. The van der Waals surface area contributed by atoms with Gasteiger partial charge in [0.15, 0.2) is 0 Å². The van der Waals surface area contributed by atoms with Crippen molar-refractivity contribution in [1.29, 1.82) is 0 Å². The van der Waals surface area contributed by atoms with Gasteiger partial charge < -0.3 is 15.4 Å². The Morgan fingerprint density at radius 3 is 2.94 bits per heavy atom. The Labute approximate surface area is 100 Å². The molecule has 2 rings (SSSR count). The highest BCUT2D eigenvalue weighted by Crippen LogP contribution is 2.27. The molecule has 1 aromatic heterocycles. The van der Waals surface area contributed by atoms with Crippen LogP contribution in [0.25, 0.3) is 10.9 Å². The molecular formula is C10H10N4O4. The number of hydrogen-bond acceptors (Lipinski definition) is 6. The van der Waals surface area contributed by atoms with Gasteiger partial charge in [0.05, 0.1) is 28.8 Å². The molecule has 8 heteroatoms. The number of hydrogen-bond donors (Lipinski definition) is 3. The molecule has 94 valence electrons. The van der Waals surface area contributed by atoms with Crippen LogP contribution < -0.4 is 10.9 Å². The fraction of sp³-hybridized carbons (Fsp3) is 0.200. The molecule has 0 bridgehead atoms. The van der Waals surface area contributed by atoms with Crippen LogP contribution in [0.15, 0.2) is 23.3 Å². The molecular weight excluding hydrogens is 240 g/mol. The number of anilines is 1. The van der Waals surface area contributed by atoms with Crippen LogP contribution in [0.3, 0.4) is 0 Å². The minimum Gasteiger partial charge on any atom is -0.395 e. The largest absolute Gasteiger partial charge is 0.395 e. The number of nitrogens with one attached hydrogen (secondary N) is 2. The van der Waals surface area contributed by atoms with E-state index in [-0.39, 0.29) is 29.9 Å². The number of aromatic amines is 1. The van der Waals surface area contributed by atoms with E-state index >= 15 is 0 Å². The number of nitro groups is 1. The topological polar surface area (TPSA) is 121 Å². The van der Waals surface area contributed by atoms with Gasteiger partial charge in [0.1, 0.15) is 5.69 Å². The van der Waals surface area contributed by atoms with Gasteiger partial charge in [-0.05, 0) is 6.07 Å². The first-order valence-electron chi connectivity index (χ1n) is 5.14. The SMILES string of the molecule is O=c1[nH]cnc2cc(NCCO)c([N+](=O)[O-])cc12. The molecule has 0 unspecified atom stereocenters. The summed E-state index contributed by atoms with van der Waals surface area (Å²) in [5.74, 6) is 0. The number of aromatic nitrogens is 2. The van der Waals surface area contributed by atoms with Gasteiger partial charge in [0.25, 0.3) is 11.2 Å². The van der Waals surface area contributed by atoms with E-state index < -0.39 is 10.5 Å². The summed E-state index contributed by atoms with van der Waals surface area (Å²) >= 11 is 0. The van der Waals surface area contributed by atoms with Crippen molar-refractivity contribution in [1.82, 2.24) is 9.97 Å². The molecule has 1 heterocycles. The Morgan fingerprint density at radius 1 is 1.50 bits per heavy atom. The third kappa shape index (κ3) is 2.13. The van der Waals surface area contributed by atoms with Crippen LogP contribution in [-0.2, 0) is 0 Å². The van der Waals surface area contributed by atoms with Crippen LogP contribution in [0, 0.1) is 10.1 Å². The van der Waals surface area contributed by atoms with Crippen molar-refractivity contribution in [3.05, 3.63) is 38.9 Å². The number of fused-ring (bicyclic) bond motifs is 1. The standard InChI is InChI=1S/C10H10N4O4/c15-2-1-11-8-4-7-6(3-9(8)14(17)18)10(16)13-5-12-7/h3-5,11,15H,1-2H2,(H,12,13,16). The molecule has 2 aromatic rings. The van der Waals surface area contributed by atoms with Gasteiger partial charge in [-0.25, -0.2) is 4.98 Å². The number of aliphatic hydroxyl groups is 1. The molecule has 0 fully saturated rings. The second-order valence-corrected chi connectivity index (χ2v) is 3.53. The Kier molecular flexibility index (Phi) is 3.20. The van der Waals surface area contributed by atoms with Crippen LogP contribution in [0.2, 0.25) is 0 Å². The highest BCUT2D eigenvalue weighted by molar-refractivity contribution is 5.86. The van der Waals surface area contributed by atoms with E-state index in [2.05, 4.69) is 15.3 Å². The summed E-state index contributed by atoms with van der Waals surface area (Å²) in [5, 5.41) is 22.5. The zero-order valence-corrected chi connectivity index (χ0v) is 9.21. The second-order valence-electron chi connectivity index (χ2n) is 3.53. The van der Waals surface area contributed by atoms with Gasteiger partial charge >= 0.3 is 0 Å². The minimum absolute atomic E-state index is 0.152. The summed E-state index contributed by atoms with van der Waals surface area (Å²) in [5.41, 5.74) is -0.0873. The fourth-order valence-corrected chi connectivity index (χ4v) is 1.59. The van der Waals surface area contributed by atoms with Gasteiger partial charge in [0.2, 0.25) is 0 Å². The fourth-order valence-electron chi connectivity index (χ4n) is 1.59. The van der Waals surface area contributed by atoms with Crippen molar-refractivity contribution in [2.24, 2.45) is 0 Å². The lowest BCUT2D eigenvalue weighted by atomic mass is 10.2. The van der Waals surface area contributed by atoms with Gasteiger partial charge in [-0.2, -0.15) is 0 Å². The van der Waals surface area contributed by atoms with Crippen LogP contribution in [0.1, 0.15) is 0 Å². The van der Waals surface area contributed by atoms with Crippen molar-refractivity contribution in [2.75, 3.05) is 18.5 Å². The van der Waals surface area contributed by atoms with Gasteiger partial charge in [0, 0.05) is 12.6 Å². The van der Waals surface area contributed by atoms with Crippen LogP contribution in [-0.4, -0.2) is 33.1 Å². The lowest BCUT2D eigenvalue weighted by Crippen LogP contribution is -2.10. The minimum atomic E-state index is -0.592. The molecule has 18 heavy (non-hydrogen) atoms. The molecule has 0 spiro atoms. The molecule has 0 saturated carbocycles. The molecule has 1 aromatic carbocycles. The van der Waals surface area contributed by atoms with Gasteiger partial charge in [-0.1, -0.05) is 0 Å². The lowest BCUT2D eigenvalue weighted by molar-refractivity contribution is -0.383. The van der Waals surface area contributed by atoms with E-state index in [9.17, 15) is 14.9 Å². The quantitative estimate of drug-likeness (QED) is 0.527. The van der Waals surface area contributed by atoms with E-state index in [1.807, 2.05) is 0 Å². The van der Waals surface area contributed by atoms with Crippen molar-refractivity contribution in [3.63, 3.8) is 0 Å². The van der Waals surface area contributed by atoms with Crippen molar-refractivity contribution >= 4 is 22.3 Å². The predicted molar refractivity (Wildman–Crippen MR) is 64.6 cm³/mol. The number of H-pyrrole nitrogens is 1. The zero-order chi connectivity index (χ0) is 13.1. The summed E-state index contributed by atoms with van der Waals surface area (Å²) in [6.45, 7) is 0.0214. The normalized spacial score (nSPS) is 10.5. The van der Waals surface area contributed by atoms with E-state index in [4.69, 9.17) is 5.11 Å². The molecule has 0 radical (unpaired) electrons. The number of rotatable bonds is 4. The smallest absolute Gasteiger partial charge is 0.293 e. The van der Waals surface area contributed by atoms with Crippen LogP contribution in [0.5, 0.6) is 0 Å². The van der Waals surface area contributed by atoms with E-state index in [1.54, 1.807) is 0 Å². The zero-order valence-electron chi connectivity index (χ0n) is 9.21. The van der Waals surface area contributed by atoms with Crippen molar-refractivity contribution in [3.8, 4) is 0 Å². The maximum atomic E-state index is 11.5. The third-order valence-corrected chi connectivity index (χ3v) is 2.38. The number of benzene rings is 1. The summed E-state index contributed by atoms with van der Waals surface area (Å²) in [6, 6.07) is 2.58. The molecule has 3 N–H and O–H groups in total. The summed E-state index contributed by atoms with van der Waals surface area (Å²) in [7, 11) is 0. The first-order chi connectivity index (χ1) is 8.63. The van der Waals surface area contributed by atoms with E-state index in [1.165, 1.54) is 18.5 Å². The summed E-state index contributed by atoms with van der Waals surface area (Å²) in [6.07, 6.45) is 1.23. The van der Waals surface area contributed by atoms with Gasteiger partial charge in [-0.15, -0.1) is 0 Å². The van der Waals surface area contributed by atoms with E-state index in [0.29, 0.717) is 5.52 Å². The Balaban J connectivity index is 2.65. The second kappa shape index (κ2) is 4.80. The van der Waals surface area contributed by atoms with Crippen molar-refractivity contribution in [2.45, 2.75) is 0 Å². The lowest BCUT2D eigenvalue weighted by Gasteiger charge is -2.06. The van der Waals surface area contributed by atoms with Crippen LogP contribution >= 0.6 is 0 Å². The first-order valence-corrected chi connectivity index (χ1v) is 5.14. The molecule has 0 aliphatic heterocycles. The molecule has 0 saturated heterocycles. The van der Waals surface area contributed by atoms with Crippen LogP contribution in [0.4, 0.5) is 11.4 Å². The average molecular weight is 250 g/mol. The number of nitrogens with zero attached hydrogens (tertiary/aromatic N) is 2. The van der Waals surface area contributed by atoms with Crippen molar-refractivity contribution < 1.29 is 10.0 Å². The molecule has 8 nitrogen and oxygen atoms in total. The van der Waals surface area contributed by atoms with E-state index in [0.717, 1.165) is 0 Å². The molecule has 0 atom stereocenters. The predicted octanol–water partition coefficient (Wildman–Crippen LogP) is 0.236. The number of aliphatic hydroxyl groups excluding tert-OH is 1. The summed E-state index contributed by atoms with van der Waals surface area (Å²) in [4.78, 5) is 28.1. The first kappa shape index (κ1) is 12.0. The van der Waals surface area contributed by atoms with Gasteiger partial charge in [-0.3, -0.25) is 14.9 Å². The molecule has 0 aliphatic rings. The summed E-state index contributed by atoms with van der Waals surface area (Å²) < 4.78 is 0. The average Bonchev–Trinajstić information content (AvgIpc) is 2.35. The highest BCUT2D eigenvalue weighted by Gasteiger charge is 2.16. The Hall–Kier alpha value is -2.48. The molecule has 0 aliphatic carbocycles. The maximum Gasteiger partial charge on any atom is 0.293 e.